The molecule has 3 aliphatic rings. The molecule has 2 saturated carbocycles. The lowest BCUT2D eigenvalue weighted by Crippen LogP contribution is -2.29. The van der Waals surface area contributed by atoms with Crippen LogP contribution in [0.4, 0.5) is 0 Å². The first-order valence-electron chi connectivity index (χ1n) is 8.67. The first-order valence-corrected chi connectivity index (χ1v) is 8.67. The van der Waals surface area contributed by atoms with Gasteiger partial charge < -0.3 is 4.57 Å². The molecule has 0 aromatic carbocycles. The Kier molecular flexibility index (Phi) is 2.90. The van der Waals surface area contributed by atoms with E-state index in [1.54, 1.807) is 0 Å². The van der Waals surface area contributed by atoms with Crippen molar-refractivity contribution in [3.63, 3.8) is 0 Å². The summed E-state index contributed by atoms with van der Waals surface area (Å²) in [5, 5.41) is 0. The Bertz CT molecular complexity index is 575. The Labute approximate surface area is 127 Å². The number of aryl methyl sites for hydroxylation is 1. The molecule has 0 aliphatic heterocycles. The van der Waals surface area contributed by atoms with Gasteiger partial charge in [-0.1, -0.05) is 13.8 Å². The molecule has 0 unspecified atom stereocenters. The fourth-order valence-corrected chi connectivity index (χ4v) is 4.40. The minimum atomic E-state index is 0.126. The molecule has 0 atom stereocenters. The maximum atomic E-state index is 12.4. The largest absolute Gasteiger partial charge is 0.348 e. The summed E-state index contributed by atoms with van der Waals surface area (Å²) in [4.78, 5) is 12.4. The van der Waals surface area contributed by atoms with Crippen LogP contribution >= 0.6 is 0 Å². The van der Waals surface area contributed by atoms with Gasteiger partial charge in [0.05, 0.1) is 0 Å². The molecule has 0 saturated heterocycles. The molecule has 2 nitrogen and oxygen atoms in total. The smallest absolute Gasteiger partial charge is 0.165 e. The van der Waals surface area contributed by atoms with Crippen molar-refractivity contribution in [1.82, 2.24) is 4.57 Å². The number of carbonyl (C=O) groups excluding carboxylic acids is 1. The van der Waals surface area contributed by atoms with Crippen LogP contribution in [0.5, 0.6) is 0 Å². The van der Waals surface area contributed by atoms with E-state index in [0.717, 1.165) is 29.7 Å². The zero-order chi connectivity index (χ0) is 14.8. The van der Waals surface area contributed by atoms with Gasteiger partial charge in [-0.15, -0.1) is 0 Å². The molecule has 114 valence electrons. The van der Waals surface area contributed by atoms with E-state index in [2.05, 4.69) is 31.4 Å². The van der Waals surface area contributed by atoms with Gasteiger partial charge in [-0.05, 0) is 68.3 Å². The van der Waals surface area contributed by atoms with Crippen LogP contribution in [0.25, 0.3) is 0 Å². The number of carbonyl (C=O) groups is 1. The second-order valence-corrected chi connectivity index (χ2v) is 8.54. The third-order valence-electron chi connectivity index (χ3n) is 5.85. The molecular weight excluding hydrogens is 258 g/mol. The van der Waals surface area contributed by atoms with Crippen molar-refractivity contribution < 1.29 is 4.79 Å². The van der Waals surface area contributed by atoms with E-state index < -0.39 is 0 Å². The Balaban J connectivity index is 1.67. The molecule has 1 aromatic rings. The van der Waals surface area contributed by atoms with Gasteiger partial charge in [-0.3, -0.25) is 4.79 Å². The Morgan fingerprint density at radius 1 is 1.19 bits per heavy atom. The van der Waals surface area contributed by atoms with Gasteiger partial charge in [0.15, 0.2) is 5.78 Å². The number of aromatic nitrogens is 1. The SMILES string of the molecule is Cc1cc2c(n1CC(C1CC1)C1CC1)CC(C)(C)CC2=O. The molecule has 3 aliphatic carbocycles. The average Bonchev–Trinajstić information content (AvgIpc) is 3.26. The minimum Gasteiger partial charge on any atom is -0.348 e. The van der Waals surface area contributed by atoms with Crippen LogP contribution in [0.2, 0.25) is 0 Å². The number of hydrogen-bond acceptors (Lipinski definition) is 1. The summed E-state index contributed by atoms with van der Waals surface area (Å²) in [5.41, 5.74) is 3.79. The molecule has 0 amide bonds. The Hall–Kier alpha value is -1.05. The van der Waals surface area contributed by atoms with Gasteiger partial charge in [0.1, 0.15) is 0 Å². The number of Topliss-reactive ketones (excluding diaryl/α,β-unsaturated/α-hetero) is 1. The fourth-order valence-electron chi connectivity index (χ4n) is 4.40. The first kappa shape index (κ1) is 13.6. The van der Waals surface area contributed by atoms with E-state index in [1.807, 2.05) is 0 Å². The fraction of sp³-hybridized carbons (Fsp3) is 0.737. The lowest BCUT2D eigenvalue weighted by atomic mass is 9.76. The highest BCUT2D eigenvalue weighted by atomic mass is 16.1. The highest BCUT2D eigenvalue weighted by molar-refractivity contribution is 5.99. The normalized spacial score (nSPS) is 24.5. The van der Waals surface area contributed by atoms with Gasteiger partial charge >= 0.3 is 0 Å². The highest BCUT2D eigenvalue weighted by Gasteiger charge is 2.42. The topological polar surface area (TPSA) is 22.0 Å². The maximum Gasteiger partial charge on any atom is 0.165 e. The first-order chi connectivity index (χ1) is 9.94. The predicted molar refractivity (Wildman–Crippen MR) is 84.5 cm³/mol. The van der Waals surface area contributed by atoms with Crippen LogP contribution in [-0.4, -0.2) is 10.4 Å². The number of rotatable bonds is 4. The zero-order valence-corrected chi connectivity index (χ0v) is 13.6. The van der Waals surface area contributed by atoms with Crippen LogP contribution in [0.3, 0.4) is 0 Å². The molecule has 0 N–H and O–H groups in total. The molecular formula is C19H27NO. The van der Waals surface area contributed by atoms with Gasteiger partial charge in [0, 0.05) is 29.9 Å². The zero-order valence-electron chi connectivity index (χ0n) is 13.6. The quantitative estimate of drug-likeness (QED) is 0.804. The number of ketones is 1. The molecule has 0 spiro atoms. The van der Waals surface area contributed by atoms with Crippen molar-refractivity contribution in [3.05, 3.63) is 23.0 Å². The third kappa shape index (κ3) is 2.47. The maximum absolute atomic E-state index is 12.4. The van der Waals surface area contributed by atoms with Gasteiger partial charge in [0.25, 0.3) is 0 Å². The van der Waals surface area contributed by atoms with E-state index in [4.69, 9.17) is 0 Å². The molecule has 1 aromatic heterocycles. The van der Waals surface area contributed by atoms with E-state index in [1.165, 1.54) is 43.6 Å². The second-order valence-electron chi connectivity index (χ2n) is 8.54. The monoisotopic (exact) mass is 285 g/mol. The number of nitrogens with zero attached hydrogens (tertiary/aromatic N) is 1. The van der Waals surface area contributed by atoms with Gasteiger partial charge in [-0.25, -0.2) is 0 Å². The summed E-state index contributed by atoms with van der Waals surface area (Å²) in [6.45, 7) is 7.83. The number of hydrogen-bond donors (Lipinski definition) is 0. The van der Waals surface area contributed by atoms with E-state index in [9.17, 15) is 4.79 Å². The Morgan fingerprint density at radius 2 is 1.81 bits per heavy atom. The van der Waals surface area contributed by atoms with Crippen molar-refractivity contribution in [1.29, 1.82) is 0 Å². The third-order valence-corrected chi connectivity index (χ3v) is 5.85. The summed E-state index contributed by atoms with van der Waals surface area (Å²) < 4.78 is 2.51. The van der Waals surface area contributed by atoms with Crippen LogP contribution in [0.15, 0.2) is 6.07 Å². The van der Waals surface area contributed by atoms with E-state index in [0.29, 0.717) is 12.2 Å². The minimum absolute atomic E-state index is 0.126. The van der Waals surface area contributed by atoms with Crippen molar-refractivity contribution in [2.45, 2.75) is 65.8 Å². The summed E-state index contributed by atoms with van der Waals surface area (Å²) in [7, 11) is 0. The summed E-state index contributed by atoms with van der Waals surface area (Å²) in [6, 6.07) is 2.16. The lowest BCUT2D eigenvalue weighted by Gasteiger charge is -2.31. The molecule has 4 rings (SSSR count). The average molecular weight is 285 g/mol. The molecule has 2 heteroatoms. The van der Waals surface area contributed by atoms with Crippen LogP contribution < -0.4 is 0 Å². The summed E-state index contributed by atoms with van der Waals surface area (Å²) in [5.74, 6) is 3.18. The van der Waals surface area contributed by atoms with Crippen molar-refractivity contribution in [2.75, 3.05) is 0 Å². The predicted octanol–water partition coefficient (Wildman–Crippen LogP) is 4.39. The van der Waals surface area contributed by atoms with Crippen LogP contribution in [0, 0.1) is 30.1 Å². The summed E-state index contributed by atoms with van der Waals surface area (Å²) in [6.07, 6.45) is 7.52. The van der Waals surface area contributed by atoms with E-state index in [-0.39, 0.29) is 5.41 Å². The van der Waals surface area contributed by atoms with Crippen LogP contribution in [-0.2, 0) is 13.0 Å². The van der Waals surface area contributed by atoms with Crippen molar-refractivity contribution in [3.8, 4) is 0 Å². The van der Waals surface area contributed by atoms with Gasteiger partial charge in [0.2, 0.25) is 0 Å². The number of fused-ring (bicyclic) bond motifs is 1. The van der Waals surface area contributed by atoms with Crippen molar-refractivity contribution >= 4 is 5.78 Å². The molecule has 21 heavy (non-hydrogen) atoms. The molecule has 1 heterocycles. The molecule has 2 fully saturated rings. The molecule has 0 radical (unpaired) electrons. The lowest BCUT2D eigenvalue weighted by molar-refractivity contribution is 0.0909. The van der Waals surface area contributed by atoms with E-state index >= 15 is 0 Å². The highest BCUT2D eigenvalue weighted by Crippen LogP contribution is 2.50. The van der Waals surface area contributed by atoms with Crippen LogP contribution in [0.1, 0.15) is 67.7 Å². The standard InChI is InChI=1S/C19H27NO/c1-12-8-15-17(9-19(2,3)10-18(15)21)20(12)11-16(13-4-5-13)14-6-7-14/h8,13-14,16H,4-7,9-11H2,1-3H3. The Morgan fingerprint density at radius 3 is 2.38 bits per heavy atom. The van der Waals surface area contributed by atoms with Crippen molar-refractivity contribution in [2.24, 2.45) is 23.2 Å². The molecule has 0 bridgehead atoms. The second kappa shape index (κ2) is 4.47. The van der Waals surface area contributed by atoms with Gasteiger partial charge in [-0.2, -0.15) is 0 Å². The summed E-state index contributed by atoms with van der Waals surface area (Å²) >= 11 is 0.